The molecular formula is C28H32N2O11S. The number of benzene rings is 2. The number of nitrogens with zero attached hydrogens (tertiary/aromatic N) is 1. The molecule has 4 amide bonds. The Labute approximate surface area is 243 Å². The Morgan fingerprint density at radius 1 is 0.810 bits per heavy atom. The molecule has 14 heteroatoms. The molecule has 1 atom stereocenters. The summed E-state index contributed by atoms with van der Waals surface area (Å²) in [4.78, 5) is 50.6. The predicted octanol–water partition coefficient (Wildman–Crippen LogP) is 1.23. The molecule has 13 nitrogen and oxygen atoms in total. The summed E-state index contributed by atoms with van der Waals surface area (Å²) in [6.07, 6.45) is 0.110. The second-order valence-electron chi connectivity index (χ2n) is 9.40. The molecule has 1 saturated heterocycles. The van der Waals surface area contributed by atoms with Crippen LogP contribution in [-0.2, 0) is 38.1 Å². The number of carbonyl (C=O) groups is 4. The summed E-state index contributed by atoms with van der Waals surface area (Å²) in [7, 11) is -3.82. The minimum absolute atomic E-state index is 0.0393. The molecule has 2 aliphatic heterocycles. The summed E-state index contributed by atoms with van der Waals surface area (Å²) >= 11 is 0. The van der Waals surface area contributed by atoms with Crippen molar-refractivity contribution < 1.29 is 50.7 Å². The lowest BCUT2D eigenvalue weighted by molar-refractivity contribution is -0.136. The summed E-state index contributed by atoms with van der Waals surface area (Å²) in [5.74, 6) is -2.16. The maximum atomic E-state index is 13.1. The number of ether oxygens (including phenoxy) is 4. The first kappa shape index (κ1) is 31.3. The van der Waals surface area contributed by atoms with Gasteiger partial charge in [0.25, 0.3) is 21.9 Å². The Morgan fingerprint density at radius 3 is 2.07 bits per heavy atom. The Morgan fingerprint density at radius 2 is 1.43 bits per heavy atom. The first-order valence-electron chi connectivity index (χ1n) is 13.4. The molecule has 1 fully saturated rings. The molecule has 2 heterocycles. The van der Waals surface area contributed by atoms with Crippen LogP contribution in [0, 0.1) is 6.92 Å². The van der Waals surface area contributed by atoms with E-state index in [2.05, 4.69) is 5.32 Å². The molecule has 0 aliphatic carbocycles. The second kappa shape index (κ2) is 14.5. The quantitative estimate of drug-likeness (QED) is 0.167. The number of aryl methyl sites for hydroxylation is 1. The van der Waals surface area contributed by atoms with Crippen LogP contribution in [0.3, 0.4) is 0 Å². The summed E-state index contributed by atoms with van der Waals surface area (Å²) in [5, 5.41) is 2.16. The number of imide groups is 2. The van der Waals surface area contributed by atoms with Gasteiger partial charge < -0.3 is 18.9 Å². The van der Waals surface area contributed by atoms with E-state index in [-0.39, 0.29) is 87.5 Å². The number of amides is 4. The van der Waals surface area contributed by atoms with Crippen molar-refractivity contribution in [3.05, 3.63) is 59.2 Å². The van der Waals surface area contributed by atoms with E-state index in [1.54, 1.807) is 24.3 Å². The number of fused-ring (bicyclic) bond motifs is 1. The van der Waals surface area contributed by atoms with Gasteiger partial charge in [0.05, 0.1) is 62.3 Å². The van der Waals surface area contributed by atoms with Crippen molar-refractivity contribution in [3.63, 3.8) is 0 Å². The van der Waals surface area contributed by atoms with Gasteiger partial charge in [-0.1, -0.05) is 23.8 Å². The van der Waals surface area contributed by atoms with E-state index in [0.717, 1.165) is 10.5 Å². The average molecular weight is 605 g/mol. The lowest BCUT2D eigenvalue weighted by Gasteiger charge is -2.27. The zero-order chi connectivity index (χ0) is 30.1. The number of nitrogens with one attached hydrogen (secondary N) is 1. The third kappa shape index (κ3) is 7.77. The van der Waals surface area contributed by atoms with E-state index >= 15 is 0 Å². The van der Waals surface area contributed by atoms with Crippen LogP contribution in [0.2, 0.25) is 0 Å². The van der Waals surface area contributed by atoms with Crippen LogP contribution in [0.5, 0.6) is 5.75 Å². The number of piperidine rings is 1. The van der Waals surface area contributed by atoms with E-state index < -0.39 is 39.8 Å². The van der Waals surface area contributed by atoms with Crippen molar-refractivity contribution in [2.24, 2.45) is 0 Å². The van der Waals surface area contributed by atoms with E-state index in [9.17, 15) is 27.6 Å². The van der Waals surface area contributed by atoms with Crippen LogP contribution in [-0.4, -0.2) is 95.8 Å². The van der Waals surface area contributed by atoms with Crippen LogP contribution in [0.1, 0.15) is 39.1 Å². The Balaban J connectivity index is 1.07. The average Bonchev–Trinajstić information content (AvgIpc) is 3.21. The first-order chi connectivity index (χ1) is 20.2. The molecule has 0 bridgehead atoms. The molecule has 2 aromatic rings. The van der Waals surface area contributed by atoms with Crippen LogP contribution < -0.4 is 10.1 Å². The minimum Gasteiger partial charge on any atom is -0.490 e. The molecule has 42 heavy (non-hydrogen) atoms. The third-order valence-electron chi connectivity index (χ3n) is 6.43. The maximum absolute atomic E-state index is 13.1. The van der Waals surface area contributed by atoms with Gasteiger partial charge in [0.15, 0.2) is 0 Å². The molecule has 0 saturated carbocycles. The van der Waals surface area contributed by atoms with Gasteiger partial charge in [0.2, 0.25) is 11.8 Å². The maximum Gasteiger partial charge on any atom is 0.297 e. The van der Waals surface area contributed by atoms with Crippen molar-refractivity contribution >= 4 is 33.7 Å². The van der Waals surface area contributed by atoms with Gasteiger partial charge in [-0.3, -0.25) is 33.6 Å². The zero-order valence-corrected chi connectivity index (χ0v) is 23.9. The van der Waals surface area contributed by atoms with Gasteiger partial charge in [0, 0.05) is 6.42 Å². The highest BCUT2D eigenvalue weighted by Crippen LogP contribution is 2.33. The molecule has 4 rings (SSSR count). The molecule has 0 radical (unpaired) electrons. The van der Waals surface area contributed by atoms with Crippen LogP contribution >= 0.6 is 0 Å². The molecule has 0 aromatic heterocycles. The van der Waals surface area contributed by atoms with Crippen LogP contribution in [0.15, 0.2) is 47.4 Å². The minimum atomic E-state index is -3.82. The number of hydrogen-bond donors (Lipinski definition) is 1. The van der Waals surface area contributed by atoms with E-state index in [1.807, 2.05) is 6.92 Å². The third-order valence-corrected chi connectivity index (χ3v) is 7.76. The molecule has 0 spiro atoms. The van der Waals surface area contributed by atoms with Gasteiger partial charge >= 0.3 is 0 Å². The van der Waals surface area contributed by atoms with Crippen molar-refractivity contribution in [3.8, 4) is 5.75 Å². The van der Waals surface area contributed by atoms with Gasteiger partial charge in [-0.25, -0.2) is 0 Å². The molecule has 2 aliphatic rings. The lowest BCUT2D eigenvalue weighted by atomic mass is 10.0. The van der Waals surface area contributed by atoms with Crippen molar-refractivity contribution in [1.29, 1.82) is 0 Å². The standard InChI is InChI=1S/C28H32N2O11S/c1-19-5-7-20(8-6-19)42(35,36)41-18-16-39-14-12-37-11-13-38-15-17-40-23-4-2-3-21-25(23)28(34)30(27(21)33)22-9-10-24(31)29-26(22)32/h2-8,22H,9-18H2,1H3,(H,29,31,32). The molecular weight excluding hydrogens is 572 g/mol. The zero-order valence-electron chi connectivity index (χ0n) is 23.0. The highest BCUT2D eigenvalue weighted by atomic mass is 32.2. The van der Waals surface area contributed by atoms with Crippen LogP contribution in [0.4, 0.5) is 0 Å². The monoisotopic (exact) mass is 604 g/mol. The number of rotatable bonds is 16. The van der Waals surface area contributed by atoms with Crippen molar-refractivity contribution in [2.45, 2.75) is 30.7 Å². The van der Waals surface area contributed by atoms with E-state index in [4.69, 9.17) is 23.1 Å². The fraction of sp³-hybridized carbons (Fsp3) is 0.429. The van der Waals surface area contributed by atoms with Crippen molar-refractivity contribution in [2.75, 3.05) is 52.9 Å². The summed E-state index contributed by atoms with van der Waals surface area (Å²) in [6.45, 7) is 3.22. The number of carbonyl (C=O) groups excluding carboxylic acids is 4. The van der Waals surface area contributed by atoms with E-state index in [1.165, 1.54) is 18.2 Å². The van der Waals surface area contributed by atoms with E-state index in [0.29, 0.717) is 0 Å². The first-order valence-corrected chi connectivity index (χ1v) is 14.8. The molecule has 1 N–H and O–H groups in total. The summed E-state index contributed by atoms with van der Waals surface area (Å²) in [6, 6.07) is 9.95. The Bertz CT molecular complexity index is 1410. The molecule has 1 unspecified atom stereocenters. The van der Waals surface area contributed by atoms with Crippen molar-refractivity contribution in [1.82, 2.24) is 10.2 Å². The predicted molar refractivity (Wildman–Crippen MR) is 145 cm³/mol. The number of hydrogen-bond acceptors (Lipinski definition) is 11. The van der Waals surface area contributed by atoms with Gasteiger partial charge in [-0.15, -0.1) is 0 Å². The lowest BCUT2D eigenvalue weighted by Crippen LogP contribution is -2.54. The molecule has 2 aromatic carbocycles. The Kier molecular flexibility index (Phi) is 10.8. The highest BCUT2D eigenvalue weighted by Gasteiger charge is 2.46. The molecule has 226 valence electrons. The summed E-state index contributed by atoms with van der Waals surface area (Å²) in [5.41, 5.74) is 1.16. The SMILES string of the molecule is Cc1ccc(S(=O)(=O)OCCOCCOCCOCCOc2cccc3c2C(=O)N(C2CCC(=O)NC2=O)C3=O)cc1. The normalized spacial score (nSPS) is 17.0. The fourth-order valence-electron chi connectivity index (χ4n) is 4.33. The van der Waals surface area contributed by atoms with Crippen LogP contribution in [0.25, 0.3) is 0 Å². The second-order valence-corrected chi connectivity index (χ2v) is 11.0. The highest BCUT2D eigenvalue weighted by molar-refractivity contribution is 7.86. The summed E-state index contributed by atoms with van der Waals surface area (Å²) < 4.78 is 51.0. The van der Waals surface area contributed by atoms with Gasteiger partial charge in [-0.2, -0.15) is 8.42 Å². The fourth-order valence-corrected chi connectivity index (χ4v) is 5.23. The Hall–Kier alpha value is -3.69. The van der Waals surface area contributed by atoms with Gasteiger partial charge in [-0.05, 0) is 37.6 Å². The smallest absolute Gasteiger partial charge is 0.297 e. The topological polar surface area (TPSA) is 164 Å². The van der Waals surface area contributed by atoms with Gasteiger partial charge in [0.1, 0.15) is 18.4 Å². The largest absolute Gasteiger partial charge is 0.490 e.